The molecule has 2 aromatic rings. The Morgan fingerprint density at radius 2 is 1.81 bits per heavy atom. The van der Waals surface area contributed by atoms with E-state index < -0.39 is 17.7 Å². The van der Waals surface area contributed by atoms with Crippen molar-refractivity contribution in [2.24, 2.45) is 0 Å². The molecule has 0 spiro atoms. The maximum Gasteiger partial charge on any atom is 0.416 e. The molecule has 0 aliphatic carbocycles. The maximum absolute atomic E-state index is 13.1. The average Bonchev–Trinajstić information content (AvgIpc) is 2.59. The lowest BCUT2D eigenvalue weighted by molar-refractivity contribution is -0.138. The van der Waals surface area contributed by atoms with Crippen LogP contribution in [0.15, 0.2) is 58.6 Å². The molecule has 1 unspecified atom stereocenters. The van der Waals surface area contributed by atoms with Crippen molar-refractivity contribution >= 4 is 27.4 Å². The van der Waals surface area contributed by atoms with E-state index in [0.29, 0.717) is 12.1 Å². The zero-order valence-electron chi connectivity index (χ0n) is 14.3. The van der Waals surface area contributed by atoms with Gasteiger partial charge in [0, 0.05) is 18.1 Å². The number of benzene rings is 2. The smallest absolute Gasteiger partial charge is 0.341 e. The van der Waals surface area contributed by atoms with Crippen molar-refractivity contribution in [1.82, 2.24) is 4.90 Å². The van der Waals surface area contributed by atoms with Gasteiger partial charge in [0.05, 0.1) is 11.5 Å². The predicted molar refractivity (Wildman–Crippen MR) is 98.6 cm³/mol. The normalized spacial score (nSPS) is 18.5. The minimum Gasteiger partial charge on any atom is -0.341 e. The molecule has 2 aromatic carbocycles. The molecular weight excluding hydrogens is 407 g/mol. The van der Waals surface area contributed by atoms with E-state index in [2.05, 4.69) is 15.9 Å². The van der Waals surface area contributed by atoms with E-state index >= 15 is 0 Å². The lowest BCUT2D eigenvalue weighted by Gasteiger charge is -2.33. The van der Waals surface area contributed by atoms with Crippen LogP contribution >= 0.6 is 15.9 Å². The summed E-state index contributed by atoms with van der Waals surface area (Å²) in [6.07, 6.45) is -4.44. The number of hydrogen-bond donors (Lipinski definition) is 0. The van der Waals surface area contributed by atoms with E-state index in [9.17, 15) is 18.0 Å². The van der Waals surface area contributed by atoms with Crippen LogP contribution in [-0.4, -0.2) is 24.4 Å². The molecule has 136 valence electrons. The molecule has 0 saturated carbocycles. The maximum atomic E-state index is 13.1. The van der Waals surface area contributed by atoms with Gasteiger partial charge in [-0.15, -0.1) is 0 Å². The number of nitrogens with zero attached hydrogens (tertiary/aromatic N) is 1. The summed E-state index contributed by atoms with van der Waals surface area (Å²) in [5.74, 6) is -0.921. The Balaban J connectivity index is 2.15. The summed E-state index contributed by atoms with van der Waals surface area (Å²) in [6, 6.07) is 12.7. The lowest BCUT2D eigenvalue weighted by atomic mass is 9.82. The van der Waals surface area contributed by atoms with Crippen LogP contribution in [0, 0.1) is 0 Å². The van der Waals surface area contributed by atoms with Crippen LogP contribution in [0.2, 0.25) is 0 Å². The number of carbonyl (C=O) groups excluding carboxylic acids is 1. The van der Waals surface area contributed by atoms with E-state index in [4.69, 9.17) is 0 Å². The van der Waals surface area contributed by atoms with Crippen LogP contribution in [-0.2, 0) is 11.0 Å². The molecule has 0 radical (unpaired) electrons. The highest BCUT2D eigenvalue weighted by molar-refractivity contribution is 9.10. The predicted octanol–water partition coefficient (Wildman–Crippen LogP) is 5.50. The monoisotopic (exact) mass is 423 g/mol. The zero-order chi connectivity index (χ0) is 19.1. The highest BCUT2D eigenvalue weighted by atomic mass is 79.9. The van der Waals surface area contributed by atoms with Gasteiger partial charge in [-0.3, -0.25) is 4.79 Å². The van der Waals surface area contributed by atoms with Gasteiger partial charge < -0.3 is 4.90 Å². The number of halogens is 4. The minimum absolute atomic E-state index is 0.197. The summed E-state index contributed by atoms with van der Waals surface area (Å²) in [7, 11) is 1.67. The second-order valence-corrected chi connectivity index (χ2v) is 7.25. The van der Waals surface area contributed by atoms with Gasteiger partial charge in [-0.1, -0.05) is 57.9 Å². The van der Waals surface area contributed by atoms with E-state index in [1.165, 1.54) is 6.07 Å². The highest BCUT2D eigenvalue weighted by Crippen LogP contribution is 2.40. The molecule has 1 amide bonds. The van der Waals surface area contributed by atoms with Crippen LogP contribution in [0.5, 0.6) is 0 Å². The minimum atomic E-state index is -4.44. The largest absolute Gasteiger partial charge is 0.416 e. The van der Waals surface area contributed by atoms with Crippen LogP contribution in [0.25, 0.3) is 5.57 Å². The number of hydrogen-bond acceptors (Lipinski definition) is 1. The molecule has 26 heavy (non-hydrogen) atoms. The second-order valence-electron chi connectivity index (χ2n) is 6.39. The highest BCUT2D eigenvalue weighted by Gasteiger charge is 2.36. The van der Waals surface area contributed by atoms with Crippen LogP contribution in [0.4, 0.5) is 13.2 Å². The molecule has 1 atom stereocenters. The molecule has 1 heterocycles. The van der Waals surface area contributed by atoms with Gasteiger partial charge in [-0.2, -0.15) is 13.2 Å². The van der Waals surface area contributed by atoms with Crippen molar-refractivity contribution in [3.63, 3.8) is 0 Å². The summed E-state index contributed by atoms with van der Waals surface area (Å²) in [5, 5.41) is 0. The first-order valence-electron chi connectivity index (χ1n) is 8.07. The number of likely N-dealkylation sites (N-methyl/N-ethyl adjacent to an activating group) is 1. The van der Waals surface area contributed by atoms with Gasteiger partial charge in [-0.25, -0.2) is 0 Å². The molecule has 1 aliphatic rings. The van der Waals surface area contributed by atoms with Gasteiger partial charge in [0.2, 0.25) is 5.91 Å². The van der Waals surface area contributed by atoms with Crippen molar-refractivity contribution < 1.29 is 18.0 Å². The third-order valence-electron chi connectivity index (χ3n) is 4.67. The molecule has 0 bridgehead atoms. The quantitative estimate of drug-likeness (QED) is 0.624. The molecular formula is C20H17BrF3NO. The van der Waals surface area contributed by atoms with Gasteiger partial charge in [0.15, 0.2) is 0 Å². The molecule has 2 nitrogen and oxygen atoms in total. The topological polar surface area (TPSA) is 20.3 Å². The Morgan fingerprint density at radius 1 is 1.12 bits per heavy atom. The fraction of sp³-hybridized carbons (Fsp3) is 0.250. The van der Waals surface area contributed by atoms with Gasteiger partial charge in [-0.05, 0) is 35.8 Å². The average molecular weight is 424 g/mol. The third kappa shape index (κ3) is 3.43. The van der Waals surface area contributed by atoms with Gasteiger partial charge in [0.1, 0.15) is 0 Å². The Morgan fingerprint density at radius 3 is 2.46 bits per heavy atom. The molecule has 3 rings (SSSR count). The van der Waals surface area contributed by atoms with Crippen molar-refractivity contribution in [3.05, 3.63) is 75.3 Å². The molecule has 0 saturated heterocycles. The molecule has 0 N–H and O–H groups in total. The second kappa shape index (κ2) is 6.91. The van der Waals surface area contributed by atoms with Crippen molar-refractivity contribution in [1.29, 1.82) is 0 Å². The van der Waals surface area contributed by atoms with E-state index in [1.54, 1.807) is 18.0 Å². The summed E-state index contributed by atoms with van der Waals surface area (Å²) in [5.41, 5.74) is 2.28. The number of rotatable bonds is 2. The summed E-state index contributed by atoms with van der Waals surface area (Å²) in [4.78, 5) is 14.3. The fourth-order valence-electron chi connectivity index (χ4n) is 3.31. The van der Waals surface area contributed by atoms with Crippen LogP contribution < -0.4 is 0 Å². The van der Waals surface area contributed by atoms with Crippen LogP contribution in [0.1, 0.15) is 29.5 Å². The van der Waals surface area contributed by atoms with Gasteiger partial charge in [0.25, 0.3) is 0 Å². The Kier molecular flexibility index (Phi) is 4.97. The van der Waals surface area contributed by atoms with E-state index in [0.717, 1.165) is 33.3 Å². The van der Waals surface area contributed by atoms with E-state index in [-0.39, 0.29) is 5.91 Å². The number of amides is 1. The molecule has 1 aliphatic heterocycles. The SMILES string of the molecule is CC1=C(c2ccccc2Br)CN(C)C(=O)C1c1cccc(C(F)(F)F)c1. The first kappa shape index (κ1) is 18.7. The molecule has 0 aromatic heterocycles. The summed E-state index contributed by atoms with van der Waals surface area (Å²) in [6.45, 7) is 2.24. The lowest BCUT2D eigenvalue weighted by Crippen LogP contribution is -2.38. The van der Waals surface area contributed by atoms with E-state index in [1.807, 2.05) is 31.2 Å². The van der Waals surface area contributed by atoms with Crippen molar-refractivity contribution in [3.8, 4) is 0 Å². The van der Waals surface area contributed by atoms with Crippen molar-refractivity contribution in [2.75, 3.05) is 13.6 Å². The Bertz CT molecular complexity index is 889. The number of carbonyl (C=O) groups is 1. The first-order valence-corrected chi connectivity index (χ1v) is 8.86. The third-order valence-corrected chi connectivity index (χ3v) is 5.37. The molecule has 6 heteroatoms. The molecule has 0 fully saturated rings. The Labute approximate surface area is 158 Å². The van der Waals surface area contributed by atoms with Crippen LogP contribution in [0.3, 0.4) is 0 Å². The van der Waals surface area contributed by atoms with Gasteiger partial charge >= 0.3 is 6.18 Å². The zero-order valence-corrected chi connectivity index (χ0v) is 15.9. The Hall–Kier alpha value is -2.08. The summed E-state index contributed by atoms with van der Waals surface area (Å²) < 4.78 is 40.1. The fourth-order valence-corrected chi connectivity index (χ4v) is 3.83. The summed E-state index contributed by atoms with van der Waals surface area (Å²) >= 11 is 3.52. The number of alkyl halides is 3. The first-order chi connectivity index (χ1) is 12.2. The van der Waals surface area contributed by atoms with Crippen molar-refractivity contribution in [2.45, 2.75) is 19.0 Å². The standard InChI is InChI=1S/C20H17BrF3NO/c1-12-16(15-8-3-4-9-17(15)21)11-25(2)19(26)18(12)13-6-5-7-14(10-13)20(22,23)24/h3-10,18H,11H2,1-2H3.